The summed E-state index contributed by atoms with van der Waals surface area (Å²) in [7, 11) is 0. The van der Waals surface area contributed by atoms with Gasteiger partial charge in [-0.2, -0.15) is 0 Å². The third kappa shape index (κ3) is 2.59. The Kier molecular flexibility index (Phi) is 4.40. The summed E-state index contributed by atoms with van der Waals surface area (Å²) in [5.74, 6) is 0.0991. The number of carbonyl (C=O) groups is 1. The van der Waals surface area contributed by atoms with Crippen LogP contribution in [0, 0.1) is 6.92 Å². The molecule has 18 heavy (non-hydrogen) atoms. The van der Waals surface area contributed by atoms with E-state index >= 15 is 0 Å². The molecular formula is C14H21NO2S. The Morgan fingerprint density at radius 3 is 3.06 bits per heavy atom. The summed E-state index contributed by atoms with van der Waals surface area (Å²) in [6.07, 6.45) is 4.07. The van der Waals surface area contributed by atoms with Crippen LogP contribution in [0.3, 0.4) is 0 Å². The highest BCUT2D eigenvalue weighted by Crippen LogP contribution is 2.27. The van der Waals surface area contributed by atoms with E-state index in [1.54, 1.807) is 11.3 Å². The molecule has 0 aliphatic carbocycles. The van der Waals surface area contributed by atoms with Gasteiger partial charge < -0.3 is 10.0 Å². The standard InChI is InChI=1S/C14H21NO2S/c1-3-5-11-8-13(18-10(11)2)14(17)15-7-4-6-12(15)9-16/h8,12,16H,3-7,9H2,1-2H3/t12-/m0/s1. The van der Waals surface area contributed by atoms with Gasteiger partial charge in [0.2, 0.25) is 0 Å². The third-order valence-electron chi connectivity index (χ3n) is 3.60. The maximum absolute atomic E-state index is 12.4. The Balaban J connectivity index is 2.15. The normalized spacial score (nSPS) is 19.5. The van der Waals surface area contributed by atoms with E-state index in [1.165, 1.54) is 10.4 Å². The fourth-order valence-corrected chi connectivity index (χ4v) is 3.60. The first kappa shape index (κ1) is 13.6. The van der Waals surface area contributed by atoms with Crippen molar-refractivity contribution in [3.63, 3.8) is 0 Å². The fourth-order valence-electron chi connectivity index (χ4n) is 2.58. The summed E-state index contributed by atoms with van der Waals surface area (Å²) in [4.78, 5) is 16.3. The van der Waals surface area contributed by atoms with Crippen LogP contribution in [0.15, 0.2) is 6.07 Å². The summed E-state index contributed by atoms with van der Waals surface area (Å²) < 4.78 is 0. The van der Waals surface area contributed by atoms with E-state index < -0.39 is 0 Å². The van der Waals surface area contributed by atoms with Crippen molar-refractivity contribution in [2.45, 2.75) is 45.6 Å². The molecule has 1 amide bonds. The number of hydrogen-bond acceptors (Lipinski definition) is 3. The molecular weight excluding hydrogens is 246 g/mol. The topological polar surface area (TPSA) is 40.5 Å². The summed E-state index contributed by atoms with van der Waals surface area (Å²) >= 11 is 1.59. The van der Waals surface area contributed by atoms with Gasteiger partial charge in [0.05, 0.1) is 17.5 Å². The van der Waals surface area contributed by atoms with Crippen molar-refractivity contribution in [1.82, 2.24) is 4.90 Å². The number of aliphatic hydroxyl groups is 1. The number of rotatable bonds is 4. The molecule has 0 bridgehead atoms. The zero-order valence-corrected chi connectivity index (χ0v) is 11.9. The SMILES string of the molecule is CCCc1cc(C(=O)N2CCC[C@H]2CO)sc1C. The van der Waals surface area contributed by atoms with Gasteiger partial charge in [-0.3, -0.25) is 4.79 Å². The number of thiophene rings is 1. The number of aryl methyl sites for hydroxylation is 2. The van der Waals surface area contributed by atoms with Crippen LogP contribution in [0.5, 0.6) is 0 Å². The summed E-state index contributed by atoms with van der Waals surface area (Å²) in [6, 6.07) is 2.06. The van der Waals surface area contributed by atoms with Crippen LogP contribution in [0.1, 0.15) is 46.3 Å². The van der Waals surface area contributed by atoms with Crippen molar-refractivity contribution in [2.24, 2.45) is 0 Å². The fraction of sp³-hybridized carbons (Fsp3) is 0.643. The molecule has 3 nitrogen and oxygen atoms in total. The molecule has 0 saturated carbocycles. The first-order valence-corrected chi connectivity index (χ1v) is 7.50. The van der Waals surface area contributed by atoms with E-state index in [9.17, 15) is 9.90 Å². The predicted octanol–water partition coefficient (Wildman–Crippen LogP) is 2.61. The molecule has 1 aromatic heterocycles. The quantitative estimate of drug-likeness (QED) is 0.911. The van der Waals surface area contributed by atoms with Crippen LogP contribution in [0.4, 0.5) is 0 Å². The van der Waals surface area contributed by atoms with Crippen molar-refractivity contribution in [3.8, 4) is 0 Å². The Labute approximate surface area is 112 Å². The molecule has 1 N–H and O–H groups in total. The van der Waals surface area contributed by atoms with Crippen molar-refractivity contribution in [1.29, 1.82) is 0 Å². The highest BCUT2D eigenvalue weighted by molar-refractivity contribution is 7.14. The third-order valence-corrected chi connectivity index (χ3v) is 4.68. The van der Waals surface area contributed by atoms with Gasteiger partial charge in [-0.1, -0.05) is 13.3 Å². The maximum atomic E-state index is 12.4. The largest absolute Gasteiger partial charge is 0.394 e. The van der Waals surface area contributed by atoms with Gasteiger partial charge in [-0.15, -0.1) is 11.3 Å². The molecule has 100 valence electrons. The summed E-state index contributed by atoms with van der Waals surface area (Å²) in [5, 5.41) is 9.29. The molecule has 0 spiro atoms. The number of hydrogen-bond donors (Lipinski definition) is 1. The number of carbonyl (C=O) groups excluding carboxylic acids is 1. The van der Waals surface area contributed by atoms with Crippen LogP contribution in [-0.2, 0) is 6.42 Å². The molecule has 0 radical (unpaired) electrons. The van der Waals surface area contributed by atoms with Crippen molar-refractivity contribution < 1.29 is 9.90 Å². The van der Waals surface area contributed by atoms with Crippen LogP contribution in [0.25, 0.3) is 0 Å². The van der Waals surface area contributed by atoms with E-state index in [1.807, 2.05) is 11.0 Å². The molecule has 2 heterocycles. The van der Waals surface area contributed by atoms with Crippen LogP contribution < -0.4 is 0 Å². The molecule has 1 aliphatic rings. The Morgan fingerprint density at radius 2 is 2.39 bits per heavy atom. The highest BCUT2D eigenvalue weighted by Gasteiger charge is 2.29. The van der Waals surface area contributed by atoms with Gasteiger partial charge in [-0.05, 0) is 37.8 Å². The van der Waals surface area contributed by atoms with Gasteiger partial charge in [0.1, 0.15) is 0 Å². The lowest BCUT2D eigenvalue weighted by atomic mass is 10.1. The van der Waals surface area contributed by atoms with E-state index in [4.69, 9.17) is 0 Å². The minimum atomic E-state index is 0.0227. The smallest absolute Gasteiger partial charge is 0.264 e. The zero-order chi connectivity index (χ0) is 13.1. The second-order valence-electron chi connectivity index (χ2n) is 4.92. The van der Waals surface area contributed by atoms with Crippen molar-refractivity contribution >= 4 is 17.2 Å². The van der Waals surface area contributed by atoms with Gasteiger partial charge in [0.15, 0.2) is 0 Å². The Hall–Kier alpha value is -0.870. The molecule has 1 saturated heterocycles. The number of likely N-dealkylation sites (tertiary alicyclic amines) is 1. The zero-order valence-electron chi connectivity index (χ0n) is 11.1. The predicted molar refractivity (Wildman–Crippen MR) is 74.2 cm³/mol. The lowest BCUT2D eigenvalue weighted by Gasteiger charge is -2.22. The van der Waals surface area contributed by atoms with Crippen molar-refractivity contribution in [2.75, 3.05) is 13.2 Å². The first-order valence-electron chi connectivity index (χ1n) is 6.68. The van der Waals surface area contributed by atoms with E-state index in [-0.39, 0.29) is 18.6 Å². The molecule has 4 heteroatoms. The molecule has 0 aromatic carbocycles. The lowest BCUT2D eigenvalue weighted by Crippen LogP contribution is -2.37. The van der Waals surface area contributed by atoms with Crippen molar-refractivity contribution in [3.05, 3.63) is 21.4 Å². The van der Waals surface area contributed by atoms with E-state index in [0.717, 1.165) is 37.1 Å². The molecule has 2 rings (SSSR count). The van der Waals surface area contributed by atoms with Gasteiger partial charge in [0.25, 0.3) is 5.91 Å². The van der Waals surface area contributed by atoms with Crippen LogP contribution in [0.2, 0.25) is 0 Å². The second kappa shape index (κ2) is 5.85. The average Bonchev–Trinajstić information content (AvgIpc) is 2.96. The second-order valence-corrected chi connectivity index (χ2v) is 6.18. The highest BCUT2D eigenvalue weighted by atomic mass is 32.1. The maximum Gasteiger partial charge on any atom is 0.264 e. The monoisotopic (exact) mass is 267 g/mol. The summed E-state index contributed by atoms with van der Waals surface area (Å²) in [5.41, 5.74) is 1.30. The minimum Gasteiger partial charge on any atom is -0.394 e. The molecule has 1 aliphatic heterocycles. The van der Waals surface area contributed by atoms with Crippen LogP contribution in [-0.4, -0.2) is 35.1 Å². The van der Waals surface area contributed by atoms with Gasteiger partial charge in [-0.25, -0.2) is 0 Å². The Morgan fingerprint density at radius 1 is 1.61 bits per heavy atom. The van der Waals surface area contributed by atoms with Crippen LogP contribution >= 0.6 is 11.3 Å². The number of aliphatic hydroxyl groups excluding tert-OH is 1. The minimum absolute atomic E-state index is 0.0227. The molecule has 0 unspecified atom stereocenters. The average molecular weight is 267 g/mol. The van der Waals surface area contributed by atoms with Gasteiger partial charge >= 0.3 is 0 Å². The lowest BCUT2D eigenvalue weighted by molar-refractivity contribution is 0.0682. The van der Waals surface area contributed by atoms with Gasteiger partial charge in [0, 0.05) is 11.4 Å². The Bertz CT molecular complexity index is 427. The molecule has 1 fully saturated rings. The number of nitrogens with zero attached hydrogens (tertiary/aromatic N) is 1. The summed E-state index contributed by atoms with van der Waals surface area (Å²) in [6.45, 7) is 5.10. The first-order chi connectivity index (χ1) is 8.67. The molecule has 1 aromatic rings. The van der Waals surface area contributed by atoms with E-state index in [0.29, 0.717) is 0 Å². The molecule has 1 atom stereocenters. The van der Waals surface area contributed by atoms with E-state index in [2.05, 4.69) is 13.8 Å². The number of amides is 1.